The zero-order valence-corrected chi connectivity index (χ0v) is 12.0. The molecule has 0 fully saturated rings. The number of benzene rings is 1. The lowest BCUT2D eigenvalue weighted by molar-refractivity contribution is 0.392. The van der Waals surface area contributed by atoms with Crippen molar-refractivity contribution in [2.24, 2.45) is 5.84 Å². The van der Waals surface area contributed by atoms with E-state index in [0.717, 1.165) is 29.2 Å². The van der Waals surface area contributed by atoms with Gasteiger partial charge in [0, 0.05) is 24.4 Å². The summed E-state index contributed by atoms with van der Waals surface area (Å²) in [6, 6.07) is 5.51. The topological polar surface area (TPSA) is 74.3 Å². The maximum atomic E-state index is 5.70. The number of methoxy groups -OCH3 is 2. The number of hydrazine groups is 1. The average molecular weight is 276 g/mol. The van der Waals surface area contributed by atoms with Gasteiger partial charge in [-0.15, -0.1) is 0 Å². The zero-order chi connectivity index (χ0) is 14.5. The van der Waals surface area contributed by atoms with Gasteiger partial charge in [0.05, 0.1) is 26.5 Å². The second kappa shape index (κ2) is 6.40. The summed E-state index contributed by atoms with van der Waals surface area (Å²) in [5.74, 6) is 7.15. The highest BCUT2D eigenvalue weighted by Gasteiger charge is 2.16. The van der Waals surface area contributed by atoms with Crippen LogP contribution in [0.15, 0.2) is 30.6 Å². The Bertz CT molecular complexity index is 546. The van der Waals surface area contributed by atoms with Crippen molar-refractivity contribution in [2.45, 2.75) is 19.5 Å². The third kappa shape index (κ3) is 2.92. The number of nitrogens with one attached hydrogen (secondary N) is 1. The van der Waals surface area contributed by atoms with Crippen LogP contribution in [0.1, 0.15) is 24.1 Å². The highest BCUT2D eigenvalue weighted by Crippen LogP contribution is 2.29. The molecule has 2 aromatic rings. The number of aromatic nitrogens is 2. The summed E-state index contributed by atoms with van der Waals surface area (Å²) >= 11 is 0. The summed E-state index contributed by atoms with van der Waals surface area (Å²) in [6.07, 6.45) is 3.77. The van der Waals surface area contributed by atoms with E-state index in [1.165, 1.54) is 0 Å². The number of aryl methyl sites for hydroxylation is 1. The minimum absolute atomic E-state index is 0.167. The quantitative estimate of drug-likeness (QED) is 0.617. The number of hydrogen-bond acceptors (Lipinski definition) is 5. The van der Waals surface area contributed by atoms with Crippen LogP contribution < -0.4 is 20.7 Å². The molecular formula is C14H20N4O2. The van der Waals surface area contributed by atoms with Gasteiger partial charge < -0.3 is 9.47 Å². The lowest BCUT2D eigenvalue weighted by Gasteiger charge is -2.16. The van der Waals surface area contributed by atoms with Gasteiger partial charge in [0.2, 0.25) is 0 Å². The predicted molar refractivity (Wildman–Crippen MR) is 76.6 cm³/mol. The molecule has 1 heterocycles. The molecule has 0 bridgehead atoms. The van der Waals surface area contributed by atoms with Crippen molar-refractivity contribution in [2.75, 3.05) is 14.2 Å². The van der Waals surface area contributed by atoms with E-state index in [1.54, 1.807) is 20.4 Å². The summed E-state index contributed by atoms with van der Waals surface area (Å²) in [7, 11) is 3.25. The molecule has 0 aliphatic heterocycles. The Morgan fingerprint density at radius 2 is 1.85 bits per heavy atom. The molecule has 3 N–H and O–H groups in total. The summed E-state index contributed by atoms with van der Waals surface area (Å²) < 4.78 is 12.4. The molecule has 0 radical (unpaired) electrons. The molecular weight excluding hydrogens is 256 g/mol. The second-order valence-electron chi connectivity index (χ2n) is 4.38. The fourth-order valence-corrected chi connectivity index (χ4v) is 2.08. The van der Waals surface area contributed by atoms with Crippen LogP contribution in [-0.2, 0) is 6.54 Å². The first-order valence-electron chi connectivity index (χ1n) is 6.43. The second-order valence-corrected chi connectivity index (χ2v) is 4.38. The lowest BCUT2D eigenvalue weighted by atomic mass is 10.0. The molecule has 0 aliphatic rings. The normalized spacial score (nSPS) is 12.2. The van der Waals surface area contributed by atoms with Gasteiger partial charge in [-0.05, 0) is 24.6 Å². The fourth-order valence-electron chi connectivity index (χ4n) is 2.08. The van der Waals surface area contributed by atoms with Crippen molar-refractivity contribution in [3.63, 3.8) is 0 Å². The number of rotatable bonds is 6. The smallest absolute Gasteiger partial charge is 0.122 e. The van der Waals surface area contributed by atoms with Crippen LogP contribution in [0.4, 0.5) is 0 Å². The molecule has 0 spiro atoms. The van der Waals surface area contributed by atoms with Gasteiger partial charge in [-0.1, -0.05) is 0 Å². The monoisotopic (exact) mass is 276 g/mol. The summed E-state index contributed by atoms with van der Waals surface area (Å²) in [5, 5.41) is 4.27. The molecule has 0 saturated carbocycles. The molecule has 6 nitrogen and oxygen atoms in total. The van der Waals surface area contributed by atoms with Crippen LogP contribution in [0, 0.1) is 0 Å². The third-order valence-corrected chi connectivity index (χ3v) is 3.18. The molecule has 1 aromatic carbocycles. The van der Waals surface area contributed by atoms with Crippen LogP contribution in [0.25, 0.3) is 0 Å². The Labute approximate surface area is 118 Å². The maximum Gasteiger partial charge on any atom is 0.122 e. The molecule has 1 aromatic heterocycles. The van der Waals surface area contributed by atoms with Crippen LogP contribution >= 0.6 is 0 Å². The first-order valence-corrected chi connectivity index (χ1v) is 6.43. The van der Waals surface area contributed by atoms with Gasteiger partial charge in [0.1, 0.15) is 11.5 Å². The van der Waals surface area contributed by atoms with E-state index in [-0.39, 0.29) is 6.04 Å². The summed E-state index contributed by atoms with van der Waals surface area (Å²) in [5.41, 5.74) is 4.76. The van der Waals surface area contributed by atoms with Gasteiger partial charge in [0.15, 0.2) is 0 Å². The summed E-state index contributed by atoms with van der Waals surface area (Å²) in [4.78, 5) is 0. The SMILES string of the molecule is CCn1cc(C(NN)c2cc(OC)cc(OC)c2)cn1. The molecule has 0 aliphatic carbocycles. The first-order chi connectivity index (χ1) is 9.71. The largest absolute Gasteiger partial charge is 0.497 e. The van der Waals surface area contributed by atoms with E-state index in [0.29, 0.717) is 0 Å². The van der Waals surface area contributed by atoms with Crippen molar-refractivity contribution in [3.05, 3.63) is 41.7 Å². The van der Waals surface area contributed by atoms with Crippen LogP contribution in [0.5, 0.6) is 11.5 Å². The molecule has 1 atom stereocenters. The van der Waals surface area contributed by atoms with Crippen LogP contribution in [0.2, 0.25) is 0 Å². The Kier molecular flexibility index (Phi) is 4.60. The molecule has 0 saturated heterocycles. The molecule has 6 heteroatoms. The number of nitrogens with zero attached hydrogens (tertiary/aromatic N) is 2. The molecule has 20 heavy (non-hydrogen) atoms. The number of nitrogens with two attached hydrogens (primary N) is 1. The van der Waals surface area contributed by atoms with Gasteiger partial charge >= 0.3 is 0 Å². The number of ether oxygens (including phenoxy) is 2. The van der Waals surface area contributed by atoms with Gasteiger partial charge in [-0.25, -0.2) is 5.43 Å². The third-order valence-electron chi connectivity index (χ3n) is 3.18. The Hall–Kier alpha value is -2.05. The highest BCUT2D eigenvalue weighted by atomic mass is 16.5. The predicted octanol–water partition coefficient (Wildman–Crippen LogP) is 1.47. The van der Waals surface area contributed by atoms with E-state index in [4.69, 9.17) is 15.3 Å². The average Bonchev–Trinajstić information content (AvgIpc) is 2.96. The minimum atomic E-state index is -0.167. The summed E-state index contributed by atoms with van der Waals surface area (Å²) in [6.45, 7) is 2.86. The van der Waals surface area contributed by atoms with E-state index >= 15 is 0 Å². The van der Waals surface area contributed by atoms with E-state index < -0.39 is 0 Å². The van der Waals surface area contributed by atoms with Crippen molar-refractivity contribution in [3.8, 4) is 11.5 Å². The van der Waals surface area contributed by atoms with Crippen LogP contribution in [-0.4, -0.2) is 24.0 Å². The van der Waals surface area contributed by atoms with E-state index in [2.05, 4.69) is 10.5 Å². The standard InChI is InChI=1S/C14H20N4O2/c1-4-18-9-11(8-16-18)14(17-15)10-5-12(19-2)7-13(6-10)20-3/h5-9,14,17H,4,15H2,1-3H3. The Balaban J connectivity index is 2.40. The Morgan fingerprint density at radius 1 is 1.20 bits per heavy atom. The van der Waals surface area contributed by atoms with Gasteiger partial charge in [-0.2, -0.15) is 5.10 Å². The highest BCUT2D eigenvalue weighted by molar-refractivity contribution is 5.42. The molecule has 2 rings (SSSR count). The first kappa shape index (κ1) is 14.4. The van der Waals surface area contributed by atoms with Crippen molar-refractivity contribution in [1.82, 2.24) is 15.2 Å². The van der Waals surface area contributed by atoms with Crippen molar-refractivity contribution in [1.29, 1.82) is 0 Å². The van der Waals surface area contributed by atoms with Gasteiger partial charge in [-0.3, -0.25) is 10.5 Å². The van der Waals surface area contributed by atoms with Crippen molar-refractivity contribution < 1.29 is 9.47 Å². The zero-order valence-electron chi connectivity index (χ0n) is 12.0. The molecule has 108 valence electrons. The molecule has 0 amide bonds. The molecule has 1 unspecified atom stereocenters. The lowest BCUT2D eigenvalue weighted by Crippen LogP contribution is -2.28. The Morgan fingerprint density at radius 3 is 2.30 bits per heavy atom. The minimum Gasteiger partial charge on any atom is -0.497 e. The van der Waals surface area contributed by atoms with E-state index in [9.17, 15) is 0 Å². The van der Waals surface area contributed by atoms with Crippen LogP contribution in [0.3, 0.4) is 0 Å². The fraction of sp³-hybridized carbons (Fsp3) is 0.357. The maximum absolute atomic E-state index is 5.70. The van der Waals surface area contributed by atoms with Crippen molar-refractivity contribution >= 4 is 0 Å². The number of hydrogen-bond donors (Lipinski definition) is 2. The van der Waals surface area contributed by atoms with Gasteiger partial charge in [0.25, 0.3) is 0 Å². The van der Waals surface area contributed by atoms with E-state index in [1.807, 2.05) is 36.0 Å².